The number of hydrogen-bond donors (Lipinski definition) is 0. The van der Waals surface area contributed by atoms with Crippen LogP contribution >= 0.6 is 48.0 Å². The first-order valence-corrected chi connectivity index (χ1v) is 8.39. The highest BCUT2D eigenvalue weighted by molar-refractivity contribution is 8.23. The Morgan fingerprint density at radius 3 is 1.62 bits per heavy atom. The van der Waals surface area contributed by atoms with Gasteiger partial charge < -0.3 is 9.80 Å². The topological polar surface area (TPSA) is 6.48 Å². The molecule has 0 bridgehead atoms. The molecule has 0 aromatic carbocycles. The second-order valence-electron chi connectivity index (χ2n) is 3.91. The molecule has 0 aromatic heterocycles. The van der Waals surface area contributed by atoms with Crippen LogP contribution in [0.5, 0.6) is 0 Å². The molecule has 2 heterocycles. The van der Waals surface area contributed by atoms with E-state index in [0.717, 1.165) is 34.8 Å². The van der Waals surface area contributed by atoms with Crippen LogP contribution in [-0.4, -0.2) is 56.1 Å². The van der Waals surface area contributed by atoms with E-state index in [1.54, 1.807) is 0 Å². The Morgan fingerprint density at radius 2 is 1.31 bits per heavy atom. The van der Waals surface area contributed by atoms with E-state index in [9.17, 15) is 0 Å². The number of thiocarbonyl (C=S) groups is 2. The first-order valence-electron chi connectivity index (χ1n) is 5.61. The van der Waals surface area contributed by atoms with Crippen LogP contribution in [0.4, 0.5) is 0 Å². The fourth-order valence-electron chi connectivity index (χ4n) is 1.86. The summed E-state index contributed by atoms with van der Waals surface area (Å²) in [4.78, 5) is 4.66. The molecule has 90 valence electrons. The minimum Gasteiger partial charge on any atom is -0.357 e. The number of unbranched alkanes of at least 4 members (excludes halogenated alkanes) is 1. The Hall–Kier alpha value is 0.480. The van der Waals surface area contributed by atoms with Crippen molar-refractivity contribution in [1.82, 2.24) is 9.80 Å². The lowest BCUT2D eigenvalue weighted by molar-refractivity contribution is 0.405. The summed E-state index contributed by atoms with van der Waals surface area (Å²) in [5, 5.41) is 0. The lowest BCUT2D eigenvalue weighted by atomic mass is 10.3. The molecule has 2 rings (SSSR count). The predicted octanol–water partition coefficient (Wildman–Crippen LogP) is 2.43. The highest BCUT2D eigenvalue weighted by Gasteiger charge is 2.18. The highest BCUT2D eigenvalue weighted by atomic mass is 32.2. The molecule has 0 unspecified atom stereocenters. The molecule has 0 radical (unpaired) electrons. The summed E-state index contributed by atoms with van der Waals surface area (Å²) in [7, 11) is 0. The predicted molar refractivity (Wildman–Crippen MR) is 82.5 cm³/mol. The van der Waals surface area contributed by atoms with E-state index >= 15 is 0 Å². The van der Waals surface area contributed by atoms with Crippen LogP contribution in [0.2, 0.25) is 0 Å². The van der Waals surface area contributed by atoms with E-state index in [1.807, 2.05) is 23.5 Å². The molecule has 0 atom stereocenters. The van der Waals surface area contributed by atoms with Gasteiger partial charge in [-0.1, -0.05) is 48.0 Å². The third-order valence-electron chi connectivity index (χ3n) is 2.80. The van der Waals surface area contributed by atoms with Crippen molar-refractivity contribution < 1.29 is 0 Å². The molecule has 2 aliphatic heterocycles. The fourth-order valence-corrected chi connectivity index (χ4v) is 4.43. The first-order chi connectivity index (χ1) is 7.77. The molecule has 16 heavy (non-hydrogen) atoms. The lowest BCUT2D eigenvalue weighted by Crippen LogP contribution is -2.27. The van der Waals surface area contributed by atoms with Gasteiger partial charge in [0.05, 0.1) is 0 Å². The molecule has 2 aliphatic rings. The first kappa shape index (κ1) is 12.9. The smallest absolute Gasteiger partial charge is 0.136 e. The molecule has 0 spiro atoms. The number of hydrogen-bond acceptors (Lipinski definition) is 4. The van der Waals surface area contributed by atoms with Crippen LogP contribution in [0, 0.1) is 0 Å². The van der Waals surface area contributed by atoms with Gasteiger partial charge in [-0.2, -0.15) is 0 Å². The zero-order chi connectivity index (χ0) is 11.4. The fraction of sp³-hybridized carbons (Fsp3) is 0.800. The van der Waals surface area contributed by atoms with E-state index in [2.05, 4.69) is 9.80 Å². The molecule has 2 fully saturated rings. The summed E-state index contributed by atoms with van der Waals surface area (Å²) in [6.07, 6.45) is 2.45. The summed E-state index contributed by atoms with van der Waals surface area (Å²) in [5.41, 5.74) is 0. The van der Waals surface area contributed by atoms with Crippen molar-refractivity contribution >= 4 is 56.6 Å². The zero-order valence-electron chi connectivity index (χ0n) is 9.18. The van der Waals surface area contributed by atoms with E-state index < -0.39 is 0 Å². The second kappa shape index (κ2) is 6.42. The van der Waals surface area contributed by atoms with Crippen molar-refractivity contribution in [2.24, 2.45) is 0 Å². The third kappa shape index (κ3) is 3.48. The maximum atomic E-state index is 5.27. The Bertz CT molecular complexity index is 254. The molecule has 0 aromatic rings. The minimum absolute atomic E-state index is 1.09. The van der Waals surface area contributed by atoms with Gasteiger partial charge in [0.15, 0.2) is 0 Å². The Balaban J connectivity index is 1.58. The largest absolute Gasteiger partial charge is 0.357 e. The average molecular weight is 293 g/mol. The number of nitrogens with zero attached hydrogens (tertiary/aromatic N) is 2. The second-order valence-corrected chi connectivity index (χ2v) is 7.37. The molecule has 0 amide bonds. The molecule has 0 aliphatic carbocycles. The molecule has 0 saturated carbocycles. The van der Waals surface area contributed by atoms with Crippen molar-refractivity contribution in [2.45, 2.75) is 12.8 Å². The van der Waals surface area contributed by atoms with Crippen LogP contribution in [0.15, 0.2) is 0 Å². The van der Waals surface area contributed by atoms with E-state index in [0.29, 0.717) is 0 Å². The molecular weight excluding hydrogens is 276 g/mol. The molecule has 2 saturated heterocycles. The minimum atomic E-state index is 1.09. The van der Waals surface area contributed by atoms with Crippen molar-refractivity contribution in [3.05, 3.63) is 0 Å². The lowest BCUT2D eigenvalue weighted by Gasteiger charge is -2.19. The van der Waals surface area contributed by atoms with Crippen LogP contribution in [0.25, 0.3) is 0 Å². The van der Waals surface area contributed by atoms with Gasteiger partial charge in [0.25, 0.3) is 0 Å². The van der Waals surface area contributed by atoms with Gasteiger partial charge in [-0.15, -0.1) is 0 Å². The van der Waals surface area contributed by atoms with Crippen molar-refractivity contribution in [1.29, 1.82) is 0 Å². The average Bonchev–Trinajstić information content (AvgIpc) is 2.84. The molecule has 0 N–H and O–H groups in total. The van der Waals surface area contributed by atoms with Crippen LogP contribution in [0.3, 0.4) is 0 Å². The van der Waals surface area contributed by atoms with Gasteiger partial charge in [0.2, 0.25) is 0 Å². The maximum Gasteiger partial charge on any atom is 0.136 e. The van der Waals surface area contributed by atoms with Crippen LogP contribution in [0.1, 0.15) is 12.8 Å². The van der Waals surface area contributed by atoms with E-state index in [4.69, 9.17) is 24.4 Å². The normalized spacial score (nSPS) is 21.2. The standard InChI is InChI=1S/C10H16N2S4/c13-9-11(5-7-15-9)3-1-2-4-12-6-8-16-10(12)14/h1-8H2. The highest BCUT2D eigenvalue weighted by Crippen LogP contribution is 2.20. The maximum absolute atomic E-state index is 5.27. The number of thioether (sulfide) groups is 2. The van der Waals surface area contributed by atoms with Crippen molar-refractivity contribution in [2.75, 3.05) is 37.7 Å². The van der Waals surface area contributed by atoms with Gasteiger partial charge in [0, 0.05) is 37.7 Å². The Kier molecular flexibility index (Phi) is 5.19. The van der Waals surface area contributed by atoms with Crippen LogP contribution in [-0.2, 0) is 0 Å². The van der Waals surface area contributed by atoms with Gasteiger partial charge in [0.1, 0.15) is 8.64 Å². The SMILES string of the molecule is S=C1SCCN1CCCCN1CCSC1=S. The summed E-state index contributed by atoms with van der Waals surface area (Å²) in [6, 6.07) is 0. The summed E-state index contributed by atoms with van der Waals surface area (Å²) >= 11 is 14.2. The third-order valence-corrected chi connectivity index (χ3v) is 5.80. The zero-order valence-corrected chi connectivity index (χ0v) is 12.5. The van der Waals surface area contributed by atoms with Crippen molar-refractivity contribution in [3.8, 4) is 0 Å². The quantitative estimate of drug-likeness (QED) is 0.563. The summed E-state index contributed by atoms with van der Waals surface area (Å²) in [6.45, 7) is 4.53. The molecule has 2 nitrogen and oxygen atoms in total. The monoisotopic (exact) mass is 292 g/mol. The Labute approximate surface area is 116 Å². The summed E-state index contributed by atoms with van der Waals surface area (Å²) < 4.78 is 2.18. The van der Waals surface area contributed by atoms with Crippen LogP contribution < -0.4 is 0 Å². The molecular formula is C10H16N2S4. The van der Waals surface area contributed by atoms with E-state index in [-0.39, 0.29) is 0 Å². The molecule has 6 heteroatoms. The van der Waals surface area contributed by atoms with Gasteiger partial charge in [-0.25, -0.2) is 0 Å². The number of rotatable bonds is 5. The van der Waals surface area contributed by atoms with Crippen molar-refractivity contribution in [3.63, 3.8) is 0 Å². The van der Waals surface area contributed by atoms with Gasteiger partial charge >= 0.3 is 0 Å². The van der Waals surface area contributed by atoms with E-state index in [1.165, 1.54) is 24.3 Å². The summed E-state index contributed by atoms with van der Waals surface area (Å²) in [5.74, 6) is 2.34. The Morgan fingerprint density at radius 1 is 0.875 bits per heavy atom. The van der Waals surface area contributed by atoms with Gasteiger partial charge in [-0.05, 0) is 12.8 Å². The van der Waals surface area contributed by atoms with Gasteiger partial charge in [-0.3, -0.25) is 0 Å².